The molecule has 154 valence electrons. The first-order valence-corrected chi connectivity index (χ1v) is 10.1. The van der Waals surface area contributed by atoms with Crippen LogP contribution in [0.25, 0.3) is 0 Å². The summed E-state index contributed by atoms with van der Waals surface area (Å²) in [6.07, 6.45) is -0.562. The Balaban J connectivity index is 2.25. The van der Waals surface area contributed by atoms with Crippen molar-refractivity contribution >= 4 is 23.4 Å². The van der Waals surface area contributed by atoms with Crippen LogP contribution < -0.4 is 9.80 Å². The number of nitrogens with zero attached hydrogens (tertiary/aromatic N) is 3. The zero-order chi connectivity index (χ0) is 21.3. The molecule has 0 bridgehead atoms. The first kappa shape index (κ1) is 20.9. The van der Waals surface area contributed by atoms with Crippen molar-refractivity contribution in [2.24, 2.45) is 4.99 Å². The molecule has 1 saturated heterocycles. The Morgan fingerprint density at radius 2 is 1.45 bits per heavy atom. The lowest BCUT2D eigenvalue weighted by Gasteiger charge is -2.34. The van der Waals surface area contributed by atoms with Crippen molar-refractivity contribution in [3.05, 3.63) is 58.7 Å². The number of para-hydroxylation sites is 2. The van der Waals surface area contributed by atoms with Gasteiger partial charge >= 0.3 is 6.09 Å². The predicted molar refractivity (Wildman–Crippen MR) is 120 cm³/mol. The average molecular weight is 394 g/mol. The number of anilines is 2. The molecule has 1 aliphatic heterocycles. The van der Waals surface area contributed by atoms with Crippen molar-refractivity contribution in [2.45, 2.75) is 54.0 Å². The van der Waals surface area contributed by atoms with Gasteiger partial charge in [-0.25, -0.2) is 4.79 Å². The highest BCUT2D eigenvalue weighted by Gasteiger charge is 2.45. The normalized spacial score (nSPS) is 17.1. The van der Waals surface area contributed by atoms with Crippen LogP contribution in [0.1, 0.15) is 43.0 Å². The summed E-state index contributed by atoms with van der Waals surface area (Å²) in [4.78, 5) is 21.2. The lowest BCUT2D eigenvalue weighted by Crippen LogP contribution is -2.44. The monoisotopic (exact) mass is 393 g/mol. The van der Waals surface area contributed by atoms with E-state index in [1.54, 1.807) is 6.92 Å². The van der Waals surface area contributed by atoms with Gasteiger partial charge in [-0.05, 0) is 70.7 Å². The maximum absolute atomic E-state index is 12.4. The van der Waals surface area contributed by atoms with Crippen molar-refractivity contribution in [3.8, 4) is 0 Å². The molecule has 0 spiro atoms. The number of benzene rings is 2. The number of aryl methyl sites for hydroxylation is 4. The van der Waals surface area contributed by atoms with E-state index in [1.165, 1.54) is 0 Å². The Bertz CT molecular complexity index is 922. The lowest BCUT2D eigenvalue weighted by atomic mass is 10.00. The van der Waals surface area contributed by atoms with E-state index >= 15 is 0 Å². The number of ether oxygens (including phenoxy) is 1. The highest BCUT2D eigenvalue weighted by Crippen LogP contribution is 2.40. The standard InChI is InChI=1S/C24H31N3O2/c1-8-29-23(28)25-22-26(20-16(2)11-9-12-17(20)3)15-24(6,7)27(22)21-18(4)13-10-14-19(21)5/h9-14H,8,15H2,1-7H3. The summed E-state index contributed by atoms with van der Waals surface area (Å²) in [5.41, 5.74) is 6.53. The minimum atomic E-state index is -0.562. The topological polar surface area (TPSA) is 45.1 Å². The van der Waals surface area contributed by atoms with Crippen LogP contribution in [-0.2, 0) is 4.74 Å². The van der Waals surface area contributed by atoms with Gasteiger partial charge in [-0.3, -0.25) is 0 Å². The van der Waals surface area contributed by atoms with Crippen molar-refractivity contribution in [1.82, 2.24) is 0 Å². The quantitative estimate of drug-likeness (QED) is 0.687. The lowest BCUT2D eigenvalue weighted by molar-refractivity contribution is 0.163. The van der Waals surface area contributed by atoms with Gasteiger partial charge in [0.1, 0.15) is 0 Å². The number of aliphatic imine (C=N–C) groups is 1. The van der Waals surface area contributed by atoms with Gasteiger partial charge in [0.25, 0.3) is 0 Å². The number of carbonyl (C=O) groups excluding carboxylic acids is 1. The zero-order valence-electron chi connectivity index (χ0n) is 18.5. The van der Waals surface area contributed by atoms with Crippen molar-refractivity contribution in [1.29, 1.82) is 0 Å². The van der Waals surface area contributed by atoms with Gasteiger partial charge in [0.15, 0.2) is 0 Å². The molecular weight excluding hydrogens is 362 g/mol. The summed E-state index contributed by atoms with van der Waals surface area (Å²) < 4.78 is 5.18. The van der Waals surface area contributed by atoms with E-state index in [-0.39, 0.29) is 5.54 Å². The highest BCUT2D eigenvalue weighted by atomic mass is 16.5. The minimum Gasteiger partial charge on any atom is -0.448 e. The summed E-state index contributed by atoms with van der Waals surface area (Å²) in [5.74, 6) is 0.614. The van der Waals surface area contributed by atoms with Crippen LogP contribution in [-0.4, -0.2) is 30.7 Å². The van der Waals surface area contributed by atoms with Crippen LogP contribution in [0, 0.1) is 27.7 Å². The molecule has 3 rings (SSSR count). The number of rotatable bonds is 3. The Morgan fingerprint density at radius 3 is 1.93 bits per heavy atom. The summed E-state index contributed by atoms with van der Waals surface area (Å²) in [6.45, 7) is 15.6. The van der Waals surface area contributed by atoms with Crippen LogP contribution in [0.15, 0.2) is 41.4 Å². The van der Waals surface area contributed by atoms with Gasteiger partial charge in [0.05, 0.1) is 17.8 Å². The third-order valence-corrected chi connectivity index (χ3v) is 5.42. The fraction of sp³-hybridized carbons (Fsp3) is 0.417. The SMILES string of the molecule is CCOC(=O)N=C1N(c2c(C)cccc2C)CC(C)(C)N1c1c(C)cccc1C. The zero-order valence-corrected chi connectivity index (χ0v) is 18.5. The molecule has 0 atom stereocenters. The predicted octanol–water partition coefficient (Wildman–Crippen LogP) is 5.54. The molecule has 1 aliphatic rings. The van der Waals surface area contributed by atoms with Gasteiger partial charge in [-0.15, -0.1) is 4.99 Å². The summed E-state index contributed by atoms with van der Waals surface area (Å²) in [7, 11) is 0. The number of guanidine groups is 1. The number of hydrogen-bond acceptors (Lipinski definition) is 2. The van der Waals surface area contributed by atoms with E-state index in [0.29, 0.717) is 19.1 Å². The molecule has 0 aliphatic carbocycles. The smallest absolute Gasteiger partial charge is 0.436 e. The molecule has 2 aromatic rings. The fourth-order valence-corrected chi connectivity index (χ4v) is 4.24. The third kappa shape index (κ3) is 3.86. The first-order valence-electron chi connectivity index (χ1n) is 10.1. The summed E-state index contributed by atoms with van der Waals surface area (Å²) in [5, 5.41) is 0. The van der Waals surface area contributed by atoms with Crippen LogP contribution in [0.5, 0.6) is 0 Å². The van der Waals surface area contributed by atoms with Gasteiger partial charge in [-0.2, -0.15) is 0 Å². The molecule has 2 aromatic carbocycles. The number of hydrogen-bond donors (Lipinski definition) is 0. The Morgan fingerprint density at radius 1 is 0.966 bits per heavy atom. The summed E-state index contributed by atoms with van der Waals surface area (Å²) >= 11 is 0. The number of amides is 1. The van der Waals surface area contributed by atoms with E-state index in [4.69, 9.17) is 4.74 Å². The molecular formula is C24H31N3O2. The minimum absolute atomic E-state index is 0.267. The van der Waals surface area contributed by atoms with Crippen molar-refractivity contribution in [3.63, 3.8) is 0 Å². The van der Waals surface area contributed by atoms with Crippen molar-refractivity contribution < 1.29 is 9.53 Å². The van der Waals surface area contributed by atoms with Crippen LogP contribution in [0.4, 0.5) is 16.2 Å². The second kappa shape index (κ2) is 7.90. The fourth-order valence-electron chi connectivity index (χ4n) is 4.24. The molecule has 5 heteroatoms. The first-order chi connectivity index (χ1) is 13.7. The molecule has 0 N–H and O–H groups in total. The summed E-state index contributed by atoms with van der Waals surface area (Å²) in [6, 6.07) is 12.5. The molecule has 0 aromatic heterocycles. The van der Waals surface area contributed by atoms with Crippen LogP contribution in [0.2, 0.25) is 0 Å². The molecule has 29 heavy (non-hydrogen) atoms. The Hall–Kier alpha value is -2.82. The van der Waals surface area contributed by atoms with Gasteiger partial charge < -0.3 is 14.5 Å². The maximum Gasteiger partial charge on any atom is 0.436 e. The van der Waals surface area contributed by atoms with E-state index < -0.39 is 6.09 Å². The van der Waals surface area contributed by atoms with E-state index in [9.17, 15) is 4.79 Å². The highest BCUT2D eigenvalue weighted by molar-refractivity contribution is 6.15. The van der Waals surface area contributed by atoms with Crippen molar-refractivity contribution in [2.75, 3.05) is 23.0 Å². The molecule has 1 fully saturated rings. The second-order valence-corrected chi connectivity index (χ2v) is 8.33. The molecule has 1 amide bonds. The second-order valence-electron chi connectivity index (χ2n) is 8.33. The average Bonchev–Trinajstić information content (AvgIpc) is 2.86. The largest absolute Gasteiger partial charge is 0.448 e. The molecule has 5 nitrogen and oxygen atoms in total. The van der Waals surface area contributed by atoms with Gasteiger partial charge in [0, 0.05) is 12.2 Å². The van der Waals surface area contributed by atoms with Crippen LogP contribution in [0.3, 0.4) is 0 Å². The molecule has 0 radical (unpaired) electrons. The molecule has 0 saturated carbocycles. The maximum atomic E-state index is 12.4. The van der Waals surface area contributed by atoms with Gasteiger partial charge in [-0.1, -0.05) is 36.4 Å². The number of carbonyl (C=O) groups is 1. The van der Waals surface area contributed by atoms with E-state index in [2.05, 4.69) is 92.7 Å². The van der Waals surface area contributed by atoms with E-state index in [0.717, 1.165) is 33.6 Å². The Labute approximate surface area is 174 Å². The Kier molecular flexibility index (Phi) is 5.69. The van der Waals surface area contributed by atoms with Crippen LogP contribution >= 0.6 is 0 Å². The van der Waals surface area contributed by atoms with E-state index in [1.807, 2.05) is 0 Å². The molecule has 0 unspecified atom stereocenters. The third-order valence-electron chi connectivity index (χ3n) is 5.42. The van der Waals surface area contributed by atoms with Gasteiger partial charge in [0.2, 0.25) is 5.96 Å². The molecule has 1 heterocycles.